The van der Waals surface area contributed by atoms with Gasteiger partial charge in [-0.3, -0.25) is 9.59 Å². The second-order valence-electron chi connectivity index (χ2n) is 8.77. The van der Waals surface area contributed by atoms with Crippen molar-refractivity contribution in [3.63, 3.8) is 0 Å². The summed E-state index contributed by atoms with van der Waals surface area (Å²) < 4.78 is 17.9. The molecule has 0 N–H and O–H groups in total. The smallest absolute Gasteiger partial charge is 0.343 e. The molecule has 0 radical (unpaired) electrons. The maximum atomic E-state index is 12.9. The third-order valence-corrected chi connectivity index (χ3v) is 6.70. The van der Waals surface area contributed by atoms with Crippen LogP contribution in [0.5, 0.6) is 5.75 Å². The second kappa shape index (κ2) is 9.80. The number of methoxy groups -OCH3 is 1. The van der Waals surface area contributed by atoms with Crippen LogP contribution in [0, 0.1) is 13.8 Å². The number of aromatic nitrogens is 2. The van der Waals surface area contributed by atoms with E-state index in [9.17, 15) is 14.4 Å². The fourth-order valence-corrected chi connectivity index (χ4v) is 4.85. The molecule has 1 amide bonds. The molecule has 4 rings (SSSR count). The van der Waals surface area contributed by atoms with Gasteiger partial charge in [-0.1, -0.05) is 5.16 Å². The highest BCUT2D eigenvalue weighted by Gasteiger charge is 2.29. The Morgan fingerprint density at radius 1 is 1.18 bits per heavy atom. The number of nitrogens with zero attached hydrogens (tertiary/aromatic N) is 3. The van der Waals surface area contributed by atoms with E-state index in [1.807, 2.05) is 13.8 Å². The quantitative estimate of drug-likeness (QED) is 0.614. The zero-order chi connectivity index (χ0) is 23.5. The van der Waals surface area contributed by atoms with Gasteiger partial charge in [-0.15, -0.1) is 0 Å². The molecule has 9 nitrogen and oxygen atoms in total. The minimum atomic E-state index is -0.523. The summed E-state index contributed by atoms with van der Waals surface area (Å²) in [6.45, 7) is 4.84. The summed E-state index contributed by atoms with van der Waals surface area (Å²) in [5, 5.41) is 3.94. The molecule has 2 aliphatic rings. The van der Waals surface area contributed by atoms with E-state index in [0.717, 1.165) is 42.7 Å². The zero-order valence-electron chi connectivity index (χ0n) is 19.5. The van der Waals surface area contributed by atoms with Gasteiger partial charge < -0.3 is 23.5 Å². The predicted molar refractivity (Wildman–Crippen MR) is 120 cm³/mol. The fraction of sp³-hybridized carbons (Fsp3) is 0.583. The Bertz CT molecular complexity index is 1080. The first kappa shape index (κ1) is 23.1. The van der Waals surface area contributed by atoms with Crippen molar-refractivity contribution in [1.29, 1.82) is 0 Å². The normalized spacial score (nSPS) is 16.4. The third kappa shape index (κ3) is 4.82. The van der Waals surface area contributed by atoms with Gasteiger partial charge in [0.15, 0.2) is 0 Å². The summed E-state index contributed by atoms with van der Waals surface area (Å²) in [7, 11) is 1.32. The van der Waals surface area contributed by atoms with E-state index < -0.39 is 5.97 Å². The molecule has 2 aromatic rings. The first-order chi connectivity index (χ1) is 15.9. The van der Waals surface area contributed by atoms with Crippen LogP contribution in [0.15, 0.2) is 15.4 Å². The van der Waals surface area contributed by atoms with Crippen LogP contribution in [-0.2, 0) is 28.9 Å². The van der Waals surface area contributed by atoms with Crippen molar-refractivity contribution in [2.45, 2.75) is 71.4 Å². The Kier molecular flexibility index (Phi) is 6.85. The molecule has 0 unspecified atom stereocenters. The number of carbonyl (C=O) groups is 2. The van der Waals surface area contributed by atoms with Crippen LogP contribution in [0.25, 0.3) is 0 Å². The average molecular weight is 458 g/mol. The standard InChI is InChI=1S/C24H31N3O6/c1-15-18(16(2)33-25-15)8-9-21(28)26-11-10-19-23(24(30)31-3)20(32-17-6-4-5-7-17)14-22(29)27(19)13-12-26/h14,17H,4-13H2,1-3H3. The number of hydrogen-bond donors (Lipinski definition) is 0. The number of hydrogen-bond acceptors (Lipinski definition) is 7. The molecule has 1 saturated carbocycles. The van der Waals surface area contributed by atoms with Gasteiger partial charge in [-0.2, -0.15) is 0 Å². The van der Waals surface area contributed by atoms with Gasteiger partial charge in [0, 0.05) is 49.8 Å². The van der Waals surface area contributed by atoms with Crippen molar-refractivity contribution in [2.75, 3.05) is 20.2 Å². The molecule has 9 heteroatoms. The van der Waals surface area contributed by atoms with Crippen LogP contribution in [0.1, 0.15) is 65.2 Å². The second-order valence-corrected chi connectivity index (χ2v) is 8.77. The molecule has 0 saturated heterocycles. The fourth-order valence-electron chi connectivity index (χ4n) is 4.85. The number of aryl methyl sites for hydroxylation is 2. The molecule has 1 fully saturated rings. The number of carbonyl (C=O) groups excluding carboxylic acids is 2. The Labute approximate surface area is 192 Å². The van der Waals surface area contributed by atoms with E-state index >= 15 is 0 Å². The first-order valence-electron chi connectivity index (χ1n) is 11.6. The topological polar surface area (TPSA) is 104 Å². The minimum absolute atomic E-state index is 0.00194. The molecule has 1 aliphatic heterocycles. The lowest BCUT2D eigenvalue weighted by molar-refractivity contribution is -0.131. The Hall–Kier alpha value is -3.10. The van der Waals surface area contributed by atoms with Crippen LogP contribution < -0.4 is 10.3 Å². The summed E-state index contributed by atoms with van der Waals surface area (Å²) in [6.07, 6.45) is 5.23. The molecular weight excluding hydrogens is 426 g/mol. The molecule has 178 valence electrons. The number of fused-ring (bicyclic) bond motifs is 1. The summed E-state index contributed by atoms with van der Waals surface area (Å²) in [5.74, 6) is 0.499. The van der Waals surface area contributed by atoms with Crippen molar-refractivity contribution in [3.8, 4) is 5.75 Å². The van der Waals surface area contributed by atoms with Gasteiger partial charge in [0.05, 0.1) is 18.9 Å². The third-order valence-electron chi connectivity index (χ3n) is 6.70. The van der Waals surface area contributed by atoms with Crippen molar-refractivity contribution in [3.05, 3.63) is 44.7 Å². The molecule has 0 spiro atoms. The first-order valence-corrected chi connectivity index (χ1v) is 11.6. The van der Waals surface area contributed by atoms with E-state index in [1.54, 1.807) is 9.47 Å². The number of esters is 1. The van der Waals surface area contributed by atoms with Gasteiger partial charge in [-0.05, 0) is 46.0 Å². The van der Waals surface area contributed by atoms with Gasteiger partial charge in [0.1, 0.15) is 17.1 Å². The Morgan fingerprint density at radius 3 is 2.61 bits per heavy atom. The molecule has 0 atom stereocenters. The predicted octanol–water partition coefficient (Wildman–Crippen LogP) is 2.58. The van der Waals surface area contributed by atoms with Crippen LogP contribution in [0.2, 0.25) is 0 Å². The highest BCUT2D eigenvalue weighted by molar-refractivity contribution is 5.93. The number of rotatable bonds is 6. The van der Waals surface area contributed by atoms with Crippen LogP contribution in [0.4, 0.5) is 0 Å². The summed E-state index contributed by atoms with van der Waals surface area (Å²) in [4.78, 5) is 40.3. The van der Waals surface area contributed by atoms with Crippen molar-refractivity contribution in [1.82, 2.24) is 14.6 Å². The molecule has 33 heavy (non-hydrogen) atoms. The number of amides is 1. The van der Waals surface area contributed by atoms with Crippen molar-refractivity contribution >= 4 is 11.9 Å². The summed E-state index contributed by atoms with van der Waals surface area (Å²) in [6, 6.07) is 1.39. The van der Waals surface area contributed by atoms with Crippen LogP contribution >= 0.6 is 0 Å². The van der Waals surface area contributed by atoms with Crippen molar-refractivity contribution in [2.24, 2.45) is 0 Å². The van der Waals surface area contributed by atoms with E-state index in [0.29, 0.717) is 55.9 Å². The molecule has 3 heterocycles. The molecule has 1 aliphatic carbocycles. The molecular formula is C24H31N3O6. The number of ether oxygens (including phenoxy) is 2. The van der Waals surface area contributed by atoms with Gasteiger partial charge in [0.2, 0.25) is 5.91 Å². The van der Waals surface area contributed by atoms with E-state index in [4.69, 9.17) is 14.0 Å². The molecule has 0 aromatic carbocycles. The average Bonchev–Trinajstić information content (AvgIpc) is 3.35. The van der Waals surface area contributed by atoms with Crippen LogP contribution in [0.3, 0.4) is 0 Å². The highest BCUT2D eigenvalue weighted by atomic mass is 16.5. The maximum absolute atomic E-state index is 12.9. The lowest BCUT2D eigenvalue weighted by Gasteiger charge is -2.20. The zero-order valence-corrected chi connectivity index (χ0v) is 19.5. The van der Waals surface area contributed by atoms with Crippen LogP contribution in [-0.4, -0.2) is 52.8 Å². The van der Waals surface area contributed by atoms with Gasteiger partial charge in [-0.25, -0.2) is 4.79 Å². The summed E-state index contributed by atoms with van der Waals surface area (Å²) >= 11 is 0. The van der Waals surface area contributed by atoms with Gasteiger partial charge in [0.25, 0.3) is 5.56 Å². The van der Waals surface area contributed by atoms with E-state index in [-0.39, 0.29) is 17.6 Å². The van der Waals surface area contributed by atoms with E-state index in [1.165, 1.54) is 13.2 Å². The molecule has 2 aromatic heterocycles. The monoisotopic (exact) mass is 457 g/mol. The lowest BCUT2D eigenvalue weighted by atomic mass is 10.1. The van der Waals surface area contributed by atoms with Crippen molar-refractivity contribution < 1.29 is 23.6 Å². The number of pyridine rings is 1. The SMILES string of the molecule is COC(=O)c1c(OC2CCCC2)cc(=O)n2c1CCN(C(=O)CCc1c(C)noc1C)CC2. The van der Waals surface area contributed by atoms with Gasteiger partial charge >= 0.3 is 5.97 Å². The molecule has 0 bridgehead atoms. The van der Waals surface area contributed by atoms with E-state index in [2.05, 4.69) is 5.16 Å². The summed E-state index contributed by atoms with van der Waals surface area (Å²) in [5.41, 5.74) is 2.40. The minimum Gasteiger partial charge on any atom is -0.489 e. The Morgan fingerprint density at radius 2 is 1.94 bits per heavy atom. The largest absolute Gasteiger partial charge is 0.489 e. The maximum Gasteiger partial charge on any atom is 0.343 e. The Balaban J connectivity index is 1.54. The highest BCUT2D eigenvalue weighted by Crippen LogP contribution is 2.29. The lowest BCUT2D eigenvalue weighted by Crippen LogP contribution is -2.34.